The van der Waals surface area contributed by atoms with E-state index in [2.05, 4.69) is 30.4 Å². The van der Waals surface area contributed by atoms with E-state index in [4.69, 9.17) is 9.47 Å². The minimum absolute atomic E-state index is 0.0241. The van der Waals surface area contributed by atoms with Gasteiger partial charge in [-0.25, -0.2) is 0 Å². The average molecular weight is 471 g/mol. The molecule has 2 unspecified atom stereocenters. The molecule has 35 heavy (non-hydrogen) atoms. The lowest BCUT2D eigenvalue weighted by Crippen LogP contribution is -2.47. The maximum atomic E-state index is 13.5. The fourth-order valence-electron chi connectivity index (χ4n) is 4.94. The van der Waals surface area contributed by atoms with Gasteiger partial charge < -0.3 is 19.7 Å². The van der Waals surface area contributed by atoms with Crippen molar-refractivity contribution in [3.8, 4) is 11.5 Å². The van der Waals surface area contributed by atoms with E-state index in [1.165, 1.54) is 5.56 Å². The molecule has 6 heteroatoms. The van der Waals surface area contributed by atoms with Gasteiger partial charge in [-0.3, -0.25) is 9.59 Å². The van der Waals surface area contributed by atoms with Gasteiger partial charge in [-0.2, -0.15) is 0 Å². The van der Waals surface area contributed by atoms with Crippen LogP contribution in [0.25, 0.3) is 0 Å². The highest BCUT2D eigenvalue weighted by Crippen LogP contribution is 2.35. The molecule has 2 heterocycles. The van der Waals surface area contributed by atoms with Gasteiger partial charge in [0.25, 0.3) is 0 Å². The first-order valence-corrected chi connectivity index (χ1v) is 12.1. The first kappa shape index (κ1) is 23.0. The molecule has 180 valence electrons. The molecule has 2 amide bonds. The minimum atomic E-state index is -0.246. The Morgan fingerprint density at radius 1 is 0.914 bits per heavy atom. The van der Waals surface area contributed by atoms with Crippen molar-refractivity contribution in [3.05, 3.63) is 95.1 Å². The van der Waals surface area contributed by atoms with E-state index in [9.17, 15) is 9.59 Å². The van der Waals surface area contributed by atoms with Crippen molar-refractivity contribution in [2.75, 3.05) is 13.3 Å². The lowest BCUT2D eigenvalue weighted by molar-refractivity contribution is -0.138. The molecule has 1 N–H and O–H groups in total. The Balaban J connectivity index is 1.29. The number of benzene rings is 3. The molecule has 1 saturated heterocycles. The van der Waals surface area contributed by atoms with Crippen LogP contribution in [0.5, 0.6) is 11.5 Å². The lowest BCUT2D eigenvalue weighted by atomic mass is 9.87. The number of hydrogen-bond acceptors (Lipinski definition) is 4. The number of piperidine rings is 1. The highest BCUT2D eigenvalue weighted by molar-refractivity contribution is 5.82. The number of nitrogens with one attached hydrogen (secondary N) is 1. The minimum Gasteiger partial charge on any atom is -0.454 e. The Morgan fingerprint density at radius 3 is 2.57 bits per heavy atom. The van der Waals surface area contributed by atoms with Crippen LogP contribution in [0.4, 0.5) is 0 Å². The van der Waals surface area contributed by atoms with Gasteiger partial charge in [0.2, 0.25) is 18.6 Å². The number of rotatable bonds is 6. The normalized spacial score (nSPS) is 18.8. The highest BCUT2D eigenvalue weighted by Gasteiger charge is 2.35. The smallest absolute Gasteiger partial charge is 0.231 e. The van der Waals surface area contributed by atoms with Crippen molar-refractivity contribution < 1.29 is 19.1 Å². The maximum Gasteiger partial charge on any atom is 0.231 e. The monoisotopic (exact) mass is 470 g/mol. The van der Waals surface area contributed by atoms with Gasteiger partial charge >= 0.3 is 0 Å². The number of carbonyl (C=O) groups is 2. The van der Waals surface area contributed by atoms with Gasteiger partial charge in [-0.05, 0) is 48.6 Å². The van der Waals surface area contributed by atoms with Gasteiger partial charge in [0.1, 0.15) is 0 Å². The molecule has 0 saturated carbocycles. The molecule has 3 aromatic rings. The van der Waals surface area contributed by atoms with Crippen LogP contribution in [0.3, 0.4) is 0 Å². The molecule has 0 aliphatic carbocycles. The van der Waals surface area contributed by atoms with E-state index in [-0.39, 0.29) is 30.6 Å². The van der Waals surface area contributed by atoms with Crippen LogP contribution in [0.1, 0.15) is 41.1 Å². The highest BCUT2D eigenvalue weighted by atomic mass is 16.7. The summed E-state index contributed by atoms with van der Waals surface area (Å²) in [7, 11) is 0. The Kier molecular flexibility index (Phi) is 6.70. The standard InChI is InChI=1S/C29H30N2O4/c1-20-6-5-9-23(14-20)25-12-11-24(18-31(25)28(32)16-21-7-3-2-4-8-21)29(33)30-17-22-10-13-26-27(15-22)35-19-34-26/h2-10,13-15,24-25H,11-12,16-19H2,1H3,(H,30,33). The summed E-state index contributed by atoms with van der Waals surface area (Å²) in [6.07, 6.45) is 1.82. The Hall–Kier alpha value is -3.80. The van der Waals surface area contributed by atoms with Crippen molar-refractivity contribution in [1.82, 2.24) is 10.2 Å². The first-order chi connectivity index (χ1) is 17.1. The second kappa shape index (κ2) is 10.2. The topological polar surface area (TPSA) is 67.9 Å². The number of likely N-dealkylation sites (tertiary alicyclic amines) is 1. The van der Waals surface area contributed by atoms with Crippen LogP contribution in [0.15, 0.2) is 72.8 Å². The summed E-state index contributed by atoms with van der Waals surface area (Å²) in [5, 5.41) is 3.06. The molecule has 3 aromatic carbocycles. The molecular weight excluding hydrogens is 440 g/mol. The number of ether oxygens (including phenoxy) is 2. The summed E-state index contributed by atoms with van der Waals surface area (Å²) in [6.45, 7) is 3.11. The predicted molar refractivity (Wildman–Crippen MR) is 133 cm³/mol. The summed E-state index contributed by atoms with van der Waals surface area (Å²) < 4.78 is 10.8. The van der Waals surface area contributed by atoms with Crippen molar-refractivity contribution in [1.29, 1.82) is 0 Å². The number of carbonyl (C=O) groups excluding carboxylic acids is 2. The first-order valence-electron chi connectivity index (χ1n) is 12.1. The van der Waals surface area contributed by atoms with Gasteiger partial charge in [0, 0.05) is 13.1 Å². The van der Waals surface area contributed by atoms with E-state index in [0.29, 0.717) is 25.3 Å². The van der Waals surface area contributed by atoms with Crippen molar-refractivity contribution in [3.63, 3.8) is 0 Å². The molecule has 2 aliphatic rings. The molecule has 2 aliphatic heterocycles. The van der Waals surface area contributed by atoms with E-state index in [1.807, 2.05) is 59.5 Å². The Labute approximate surface area is 205 Å². The van der Waals surface area contributed by atoms with Crippen molar-refractivity contribution in [2.45, 2.75) is 38.8 Å². The zero-order chi connectivity index (χ0) is 24.2. The summed E-state index contributed by atoms with van der Waals surface area (Å²) >= 11 is 0. The zero-order valence-corrected chi connectivity index (χ0v) is 19.9. The molecule has 0 bridgehead atoms. The molecule has 0 spiro atoms. The number of amides is 2. The third-order valence-corrected chi connectivity index (χ3v) is 6.80. The second-order valence-electron chi connectivity index (χ2n) is 9.32. The molecule has 0 radical (unpaired) electrons. The summed E-state index contributed by atoms with van der Waals surface area (Å²) in [5.74, 6) is 1.21. The maximum absolute atomic E-state index is 13.5. The van der Waals surface area contributed by atoms with Crippen LogP contribution >= 0.6 is 0 Å². The van der Waals surface area contributed by atoms with Crippen molar-refractivity contribution >= 4 is 11.8 Å². The van der Waals surface area contributed by atoms with Crippen LogP contribution in [-0.2, 0) is 22.6 Å². The Morgan fingerprint density at radius 2 is 1.74 bits per heavy atom. The van der Waals surface area contributed by atoms with Crippen LogP contribution in [-0.4, -0.2) is 30.1 Å². The summed E-state index contributed by atoms with van der Waals surface area (Å²) in [5.41, 5.74) is 4.23. The third kappa shape index (κ3) is 5.32. The summed E-state index contributed by atoms with van der Waals surface area (Å²) in [6, 6.07) is 23.8. The molecule has 0 aromatic heterocycles. The average Bonchev–Trinajstić information content (AvgIpc) is 3.35. The lowest BCUT2D eigenvalue weighted by Gasteiger charge is -2.40. The summed E-state index contributed by atoms with van der Waals surface area (Å²) in [4.78, 5) is 28.5. The van der Waals surface area contributed by atoms with Crippen LogP contribution in [0.2, 0.25) is 0 Å². The van der Waals surface area contributed by atoms with Crippen molar-refractivity contribution in [2.24, 2.45) is 5.92 Å². The number of nitrogens with zero attached hydrogens (tertiary/aromatic N) is 1. The van der Waals surface area contributed by atoms with E-state index in [0.717, 1.165) is 35.3 Å². The van der Waals surface area contributed by atoms with Gasteiger partial charge in [0.15, 0.2) is 11.5 Å². The van der Waals surface area contributed by atoms with E-state index in [1.54, 1.807) is 0 Å². The quantitative estimate of drug-likeness (QED) is 0.573. The fourth-order valence-corrected chi connectivity index (χ4v) is 4.94. The molecule has 5 rings (SSSR count). The van der Waals surface area contributed by atoms with Crippen LogP contribution < -0.4 is 14.8 Å². The number of hydrogen-bond donors (Lipinski definition) is 1. The SMILES string of the molecule is Cc1cccc(C2CCC(C(=O)NCc3ccc4c(c3)OCO4)CN2C(=O)Cc2ccccc2)c1. The fraction of sp³-hybridized carbons (Fsp3) is 0.310. The zero-order valence-electron chi connectivity index (χ0n) is 19.9. The van der Waals surface area contributed by atoms with E-state index < -0.39 is 0 Å². The molecule has 1 fully saturated rings. The van der Waals surface area contributed by atoms with Gasteiger partial charge in [0.05, 0.1) is 18.4 Å². The molecule has 2 atom stereocenters. The third-order valence-electron chi connectivity index (χ3n) is 6.80. The van der Waals surface area contributed by atoms with Gasteiger partial charge in [-0.1, -0.05) is 66.2 Å². The molecule has 6 nitrogen and oxygen atoms in total. The number of fused-ring (bicyclic) bond motifs is 1. The van der Waals surface area contributed by atoms with Crippen LogP contribution in [0, 0.1) is 12.8 Å². The largest absolute Gasteiger partial charge is 0.454 e. The predicted octanol–water partition coefficient (Wildman–Crippen LogP) is 4.56. The number of aryl methyl sites for hydroxylation is 1. The molecular formula is C29H30N2O4. The Bertz CT molecular complexity index is 1210. The van der Waals surface area contributed by atoms with E-state index >= 15 is 0 Å². The van der Waals surface area contributed by atoms with Gasteiger partial charge in [-0.15, -0.1) is 0 Å². The second-order valence-corrected chi connectivity index (χ2v) is 9.32.